The lowest BCUT2D eigenvalue weighted by Gasteiger charge is -2.05. The Kier molecular flexibility index (Phi) is 4.49. The van der Waals surface area contributed by atoms with Crippen molar-refractivity contribution in [2.45, 2.75) is 38.2 Å². The van der Waals surface area contributed by atoms with Crippen molar-refractivity contribution < 1.29 is 5.11 Å². The van der Waals surface area contributed by atoms with Crippen LogP contribution in [0.3, 0.4) is 0 Å². The largest absolute Gasteiger partial charge is 0.382 e. The fourth-order valence-corrected chi connectivity index (χ4v) is 5.90. The molecule has 102 valence electrons. The van der Waals surface area contributed by atoms with Crippen molar-refractivity contribution in [2.75, 3.05) is 0 Å². The van der Waals surface area contributed by atoms with Gasteiger partial charge in [-0.3, -0.25) is 0 Å². The van der Waals surface area contributed by atoms with Gasteiger partial charge in [0.15, 0.2) is 0 Å². The van der Waals surface area contributed by atoms with Gasteiger partial charge in [-0.25, -0.2) is 0 Å². The van der Waals surface area contributed by atoms with Crippen molar-refractivity contribution >= 4 is 54.5 Å². The Labute approximate surface area is 137 Å². The predicted molar refractivity (Wildman–Crippen MR) is 89.4 cm³/mol. The first-order chi connectivity index (χ1) is 9.15. The molecule has 1 aliphatic carbocycles. The van der Waals surface area contributed by atoms with Crippen LogP contribution in [-0.4, -0.2) is 5.11 Å². The highest BCUT2D eigenvalue weighted by molar-refractivity contribution is 9.13. The summed E-state index contributed by atoms with van der Waals surface area (Å²) in [6.07, 6.45) is 5.80. The molecule has 0 amide bonds. The van der Waals surface area contributed by atoms with E-state index in [4.69, 9.17) is 0 Å². The van der Waals surface area contributed by atoms with Crippen LogP contribution in [0.25, 0.3) is 0 Å². The number of aliphatic hydroxyl groups is 1. The number of hydrogen-bond acceptors (Lipinski definition) is 3. The zero-order valence-corrected chi connectivity index (χ0v) is 15.1. The van der Waals surface area contributed by atoms with Crippen LogP contribution in [0.15, 0.2) is 20.4 Å². The van der Waals surface area contributed by atoms with Crippen LogP contribution in [0.1, 0.15) is 45.6 Å². The topological polar surface area (TPSA) is 20.2 Å². The minimum absolute atomic E-state index is 0.482. The lowest BCUT2D eigenvalue weighted by molar-refractivity contribution is 0.228. The zero-order valence-electron chi connectivity index (χ0n) is 10.3. The SMILES string of the molecule is OC(c1cc(Br)c(Br)s1)c1cc2c(s1)CCCCC2. The smallest absolute Gasteiger partial charge is 0.122 e. The number of aryl methyl sites for hydroxylation is 2. The number of halogens is 2. The molecule has 3 rings (SSSR count). The highest BCUT2D eigenvalue weighted by Crippen LogP contribution is 2.40. The van der Waals surface area contributed by atoms with Gasteiger partial charge in [0, 0.05) is 19.1 Å². The molecule has 0 aromatic carbocycles. The third kappa shape index (κ3) is 3.00. The van der Waals surface area contributed by atoms with E-state index in [1.807, 2.05) is 6.07 Å². The lowest BCUT2D eigenvalue weighted by Crippen LogP contribution is -1.93. The quantitative estimate of drug-likeness (QED) is 0.617. The van der Waals surface area contributed by atoms with Gasteiger partial charge in [-0.15, -0.1) is 22.7 Å². The summed E-state index contributed by atoms with van der Waals surface area (Å²) in [5.74, 6) is 0. The average Bonchev–Trinajstić information content (AvgIpc) is 2.87. The second-order valence-corrected chi connectivity index (χ2v) is 9.26. The minimum atomic E-state index is -0.482. The highest BCUT2D eigenvalue weighted by atomic mass is 79.9. The molecule has 0 fully saturated rings. The maximum Gasteiger partial charge on any atom is 0.122 e. The van der Waals surface area contributed by atoms with Crippen molar-refractivity contribution in [1.29, 1.82) is 0 Å². The van der Waals surface area contributed by atoms with Crippen molar-refractivity contribution in [3.63, 3.8) is 0 Å². The van der Waals surface area contributed by atoms with Gasteiger partial charge in [0.2, 0.25) is 0 Å². The standard InChI is InChI=1S/C14H14Br2OS2/c15-9-7-12(19-14(9)16)13(17)11-6-8-4-2-1-3-5-10(8)18-11/h6-7,13,17H,1-5H2. The van der Waals surface area contributed by atoms with Crippen LogP contribution < -0.4 is 0 Å². The number of hydrogen-bond donors (Lipinski definition) is 1. The van der Waals surface area contributed by atoms with Gasteiger partial charge in [-0.2, -0.15) is 0 Å². The summed E-state index contributed by atoms with van der Waals surface area (Å²) in [6, 6.07) is 4.22. The van der Waals surface area contributed by atoms with E-state index >= 15 is 0 Å². The third-order valence-electron chi connectivity index (χ3n) is 3.47. The molecule has 2 heterocycles. The van der Waals surface area contributed by atoms with E-state index in [1.165, 1.54) is 42.5 Å². The molecular formula is C14H14Br2OS2. The van der Waals surface area contributed by atoms with Crippen molar-refractivity contribution in [2.24, 2.45) is 0 Å². The second kappa shape index (κ2) is 5.98. The third-order valence-corrected chi connectivity index (χ3v) is 8.07. The van der Waals surface area contributed by atoms with Gasteiger partial charge in [-0.05, 0) is 75.2 Å². The van der Waals surface area contributed by atoms with Gasteiger partial charge in [0.25, 0.3) is 0 Å². The molecular weight excluding hydrogens is 408 g/mol. The predicted octanol–water partition coefficient (Wildman–Crippen LogP) is 5.69. The second-order valence-electron chi connectivity index (χ2n) is 4.83. The van der Waals surface area contributed by atoms with E-state index in [9.17, 15) is 5.11 Å². The van der Waals surface area contributed by atoms with Gasteiger partial charge >= 0.3 is 0 Å². The van der Waals surface area contributed by atoms with Crippen LogP contribution in [0.4, 0.5) is 0 Å². The number of thiophene rings is 2. The maximum absolute atomic E-state index is 10.5. The monoisotopic (exact) mass is 420 g/mol. The molecule has 1 atom stereocenters. The molecule has 0 radical (unpaired) electrons. The van der Waals surface area contributed by atoms with E-state index in [2.05, 4.69) is 37.9 Å². The van der Waals surface area contributed by atoms with Crippen LogP contribution in [-0.2, 0) is 12.8 Å². The van der Waals surface area contributed by atoms with E-state index in [1.54, 1.807) is 22.7 Å². The molecule has 2 aromatic heterocycles. The van der Waals surface area contributed by atoms with E-state index < -0.39 is 6.10 Å². The summed E-state index contributed by atoms with van der Waals surface area (Å²) >= 11 is 10.4. The summed E-state index contributed by atoms with van der Waals surface area (Å²) in [5.41, 5.74) is 1.46. The van der Waals surface area contributed by atoms with Gasteiger partial charge in [0.05, 0.1) is 3.79 Å². The molecule has 19 heavy (non-hydrogen) atoms. The maximum atomic E-state index is 10.5. The number of fused-ring (bicyclic) bond motifs is 1. The fourth-order valence-electron chi connectivity index (χ4n) is 2.46. The molecule has 5 heteroatoms. The van der Waals surface area contributed by atoms with Crippen molar-refractivity contribution in [3.05, 3.63) is 40.6 Å². The van der Waals surface area contributed by atoms with Crippen LogP contribution >= 0.6 is 54.5 Å². The van der Waals surface area contributed by atoms with Gasteiger partial charge < -0.3 is 5.11 Å². The average molecular weight is 422 g/mol. The Morgan fingerprint density at radius 2 is 1.74 bits per heavy atom. The Balaban J connectivity index is 1.89. The molecule has 0 saturated carbocycles. The van der Waals surface area contributed by atoms with E-state index in [0.29, 0.717) is 0 Å². The molecule has 1 nitrogen and oxygen atoms in total. The normalized spacial score (nSPS) is 17.0. The first-order valence-corrected chi connectivity index (χ1v) is 9.61. The molecule has 2 aromatic rings. The molecule has 0 spiro atoms. The minimum Gasteiger partial charge on any atom is -0.382 e. The first-order valence-electron chi connectivity index (χ1n) is 6.39. The molecule has 1 aliphatic rings. The summed E-state index contributed by atoms with van der Waals surface area (Å²) < 4.78 is 2.06. The Morgan fingerprint density at radius 3 is 2.47 bits per heavy atom. The lowest BCUT2D eigenvalue weighted by atomic mass is 10.1. The Bertz CT molecular complexity index is 545. The molecule has 0 saturated heterocycles. The van der Waals surface area contributed by atoms with Crippen molar-refractivity contribution in [3.8, 4) is 0 Å². The fraction of sp³-hybridized carbons (Fsp3) is 0.429. The van der Waals surface area contributed by atoms with Crippen LogP contribution in [0, 0.1) is 0 Å². The van der Waals surface area contributed by atoms with Gasteiger partial charge in [0.1, 0.15) is 6.10 Å². The molecule has 0 aliphatic heterocycles. The highest BCUT2D eigenvalue weighted by Gasteiger charge is 2.20. The van der Waals surface area contributed by atoms with E-state index in [-0.39, 0.29) is 0 Å². The number of aliphatic hydroxyl groups excluding tert-OH is 1. The van der Waals surface area contributed by atoms with Gasteiger partial charge in [-0.1, -0.05) is 6.42 Å². The van der Waals surface area contributed by atoms with Crippen LogP contribution in [0.5, 0.6) is 0 Å². The summed E-state index contributed by atoms with van der Waals surface area (Å²) in [7, 11) is 0. The Hall–Kier alpha value is 0.320. The summed E-state index contributed by atoms with van der Waals surface area (Å²) in [5, 5.41) is 10.5. The molecule has 1 unspecified atom stereocenters. The molecule has 0 bridgehead atoms. The van der Waals surface area contributed by atoms with E-state index in [0.717, 1.165) is 18.0 Å². The zero-order chi connectivity index (χ0) is 13.4. The molecule has 1 N–H and O–H groups in total. The van der Waals surface area contributed by atoms with Crippen LogP contribution in [0.2, 0.25) is 0 Å². The summed E-state index contributed by atoms with van der Waals surface area (Å²) in [6.45, 7) is 0. The summed E-state index contributed by atoms with van der Waals surface area (Å²) in [4.78, 5) is 3.57. The first kappa shape index (κ1) is 14.3. The van der Waals surface area contributed by atoms with Crippen molar-refractivity contribution in [1.82, 2.24) is 0 Å². The number of rotatable bonds is 2. The Morgan fingerprint density at radius 1 is 1.00 bits per heavy atom.